The zero-order valence-corrected chi connectivity index (χ0v) is 15.7. The summed E-state index contributed by atoms with van der Waals surface area (Å²) in [7, 11) is 1.64. The van der Waals surface area contributed by atoms with Gasteiger partial charge in [0.2, 0.25) is 5.78 Å². The van der Waals surface area contributed by atoms with Gasteiger partial charge in [0, 0.05) is 13.1 Å². The van der Waals surface area contributed by atoms with Crippen molar-refractivity contribution < 1.29 is 13.9 Å². The number of rotatable bonds is 4. The van der Waals surface area contributed by atoms with E-state index in [2.05, 4.69) is 10.2 Å². The van der Waals surface area contributed by atoms with Gasteiger partial charge in [-0.2, -0.15) is 0 Å². The lowest BCUT2D eigenvalue weighted by atomic mass is 10.1. The summed E-state index contributed by atoms with van der Waals surface area (Å²) in [6.07, 6.45) is 2.83. The molecule has 0 unspecified atom stereocenters. The fourth-order valence-corrected chi connectivity index (χ4v) is 3.03. The molecule has 3 aromatic heterocycles. The van der Waals surface area contributed by atoms with E-state index in [9.17, 15) is 9.59 Å². The number of nitrogens with zero attached hydrogens (tertiary/aromatic N) is 4. The van der Waals surface area contributed by atoms with E-state index in [0.29, 0.717) is 28.3 Å². The minimum absolute atomic E-state index is 0.0807. The number of benzene rings is 1. The van der Waals surface area contributed by atoms with E-state index in [1.54, 1.807) is 23.6 Å². The van der Waals surface area contributed by atoms with Gasteiger partial charge in [-0.05, 0) is 44.2 Å². The average molecular weight is 378 g/mol. The molecule has 4 aromatic rings. The minimum Gasteiger partial charge on any atom is -0.462 e. The molecule has 0 N–H and O–H groups in total. The maximum Gasteiger partial charge on any atom is 0.331 e. The van der Waals surface area contributed by atoms with E-state index in [0.717, 1.165) is 11.3 Å². The number of fused-ring (bicyclic) bond motifs is 3. The van der Waals surface area contributed by atoms with Crippen LogP contribution in [0.15, 0.2) is 45.6 Å². The number of hydrogen-bond acceptors (Lipinski definition) is 6. The van der Waals surface area contributed by atoms with Gasteiger partial charge >= 0.3 is 5.97 Å². The molecule has 0 spiro atoms. The first-order chi connectivity index (χ1) is 13.4. The lowest BCUT2D eigenvalue weighted by Crippen LogP contribution is -2.20. The Hall–Kier alpha value is -3.68. The Morgan fingerprint density at radius 3 is 2.79 bits per heavy atom. The molecule has 3 heterocycles. The second-order valence-corrected chi connectivity index (χ2v) is 6.53. The van der Waals surface area contributed by atoms with Crippen molar-refractivity contribution in [2.45, 2.75) is 20.5 Å². The molecule has 0 aliphatic carbocycles. The van der Waals surface area contributed by atoms with Crippen molar-refractivity contribution >= 4 is 28.7 Å². The van der Waals surface area contributed by atoms with Gasteiger partial charge in [0.25, 0.3) is 5.56 Å². The highest BCUT2D eigenvalue weighted by molar-refractivity contribution is 5.86. The quantitative estimate of drug-likeness (QED) is 0.400. The van der Waals surface area contributed by atoms with Crippen molar-refractivity contribution in [3.8, 4) is 0 Å². The molecule has 1 aromatic carbocycles. The zero-order valence-electron chi connectivity index (χ0n) is 15.7. The van der Waals surface area contributed by atoms with E-state index in [4.69, 9.17) is 9.15 Å². The summed E-state index contributed by atoms with van der Waals surface area (Å²) in [4.78, 5) is 24.6. The molecule has 0 atom stereocenters. The number of aromatic nitrogens is 4. The lowest BCUT2D eigenvalue weighted by molar-refractivity contribution is -0.139. The summed E-state index contributed by atoms with van der Waals surface area (Å²) < 4.78 is 13.8. The molecule has 0 bridgehead atoms. The van der Waals surface area contributed by atoms with Crippen LogP contribution in [0.4, 0.5) is 0 Å². The van der Waals surface area contributed by atoms with Crippen LogP contribution in [0.25, 0.3) is 22.8 Å². The van der Waals surface area contributed by atoms with Crippen LogP contribution in [-0.2, 0) is 23.2 Å². The SMILES string of the molecule is Cc1ccc2c(c1)c(=O)n(C)c1nnc(COC(=O)C=Cc3ccc(C)o3)n21. The van der Waals surface area contributed by atoms with E-state index < -0.39 is 5.97 Å². The van der Waals surface area contributed by atoms with Crippen LogP contribution in [0.3, 0.4) is 0 Å². The normalized spacial score (nSPS) is 11.7. The fraction of sp³-hybridized carbons (Fsp3) is 0.200. The Morgan fingerprint density at radius 1 is 1.21 bits per heavy atom. The summed E-state index contributed by atoms with van der Waals surface area (Å²) in [5.74, 6) is 1.61. The molecule has 8 heteroatoms. The van der Waals surface area contributed by atoms with Crippen molar-refractivity contribution in [1.82, 2.24) is 19.2 Å². The minimum atomic E-state index is -0.532. The van der Waals surface area contributed by atoms with E-state index in [1.807, 2.05) is 38.1 Å². The van der Waals surface area contributed by atoms with Gasteiger partial charge in [-0.1, -0.05) is 11.6 Å². The lowest BCUT2D eigenvalue weighted by Gasteiger charge is -2.08. The standard InChI is InChI=1S/C20H18N4O4/c1-12-4-8-16-15(10-12)19(26)23(3)20-22-21-17(24(16)20)11-27-18(25)9-7-14-6-5-13(2)28-14/h4-10H,11H2,1-3H3. The van der Waals surface area contributed by atoms with Crippen LogP contribution >= 0.6 is 0 Å². The topological polar surface area (TPSA) is 91.6 Å². The molecule has 0 radical (unpaired) electrons. The van der Waals surface area contributed by atoms with Crippen molar-refractivity contribution in [2.24, 2.45) is 7.05 Å². The number of esters is 1. The summed E-state index contributed by atoms with van der Waals surface area (Å²) in [5, 5.41) is 8.73. The highest BCUT2D eigenvalue weighted by Gasteiger charge is 2.15. The highest BCUT2D eigenvalue weighted by Crippen LogP contribution is 2.16. The van der Waals surface area contributed by atoms with Crippen LogP contribution < -0.4 is 5.56 Å². The maximum absolute atomic E-state index is 12.6. The smallest absolute Gasteiger partial charge is 0.331 e. The third kappa shape index (κ3) is 3.09. The first kappa shape index (κ1) is 17.7. The number of carbonyl (C=O) groups is 1. The van der Waals surface area contributed by atoms with Gasteiger partial charge in [-0.15, -0.1) is 10.2 Å². The first-order valence-electron chi connectivity index (χ1n) is 8.68. The summed E-state index contributed by atoms with van der Waals surface area (Å²) >= 11 is 0. The second-order valence-electron chi connectivity index (χ2n) is 6.53. The highest BCUT2D eigenvalue weighted by atomic mass is 16.5. The molecule has 0 amide bonds. The van der Waals surface area contributed by atoms with Gasteiger partial charge in [0.1, 0.15) is 11.5 Å². The number of furan rings is 1. The molecule has 28 heavy (non-hydrogen) atoms. The zero-order chi connectivity index (χ0) is 19.8. The average Bonchev–Trinajstić information content (AvgIpc) is 3.29. The van der Waals surface area contributed by atoms with Crippen molar-refractivity contribution in [3.63, 3.8) is 0 Å². The molecule has 0 aliphatic rings. The van der Waals surface area contributed by atoms with Gasteiger partial charge in [-0.25, -0.2) is 4.79 Å². The Morgan fingerprint density at radius 2 is 2.04 bits per heavy atom. The molecule has 0 fully saturated rings. The van der Waals surface area contributed by atoms with E-state index in [-0.39, 0.29) is 12.2 Å². The Balaban J connectivity index is 1.64. The molecular formula is C20H18N4O4. The molecule has 8 nitrogen and oxygen atoms in total. The van der Waals surface area contributed by atoms with Crippen molar-refractivity contribution in [1.29, 1.82) is 0 Å². The van der Waals surface area contributed by atoms with Gasteiger partial charge in [0.05, 0.1) is 10.9 Å². The van der Waals surface area contributed by atoms with Gasteiger partial charge < -0.3 is 9.15 Å². The van der Waals surface area contributed by atoms with Crippen molar-refractivity contribution in [2.75, 3.05) is 0 Å². The van der Waals surface area contributed by atoms with E-state index in [1.165, 1.54) is 10.6 Å². The molecular weight excluding hydrogens is 360 g/mol. The predicted octanol–water partition coefficient (Wildman–Crippen LogP) is 2.55. The monoisotopic (exact) mass is 378 g/mol. The Labute approximate surface area is 159 Å². The maximum atomic E-state index is 12.6. The van der Waals surface area contributed by atoms with Crippen LogP contribution in [0, 0.1) is 13.8 Å². The molecule has 0 saturated heterocycles. The Bertz CT molecular complexity index is 1290. The summed E-state index contributed by atoms with van der Waals surface area (Å²) in [6, 6.07) is 9.14. The number of carbonyl (C=O) groups excluding carboxylic acids is 1. The largest absolute Gasteiger partial charge is 0.462 e. The summed E-state index contributed by atoms with van der Waals surface area (Å²) in [6.45, 7) is 3.67. The number of hydrogen-bond donors (Lipinski definition) is 0. The van der Waals surface area contributed by atoms with Crippen molar-refractivity contribution in [3.05, 3.63) is 69.7 Å². The Kier molecular flexibility index (Phi) is 4.31. The molecule has 142 valence electrons. The van der Waals surface area contributed by atoms with Crippen LogP contribution in [-0.4, -0.2) is 25.1 Å². The predicted molar refractivity (Wildman–Crippen MR) is 103 cm³/mol. The third-order valence-electron chi connectivity index (χ3n) is 4.43. The number of ether oxygens (including phenoxy) is 1. The molecule has 0 aliphatic heterocycles. The van der Waals surface area contributed by atoms with Crippen LogP contribution in [0.1, 0.15) is 22.9 Å². The first-order valence-corrected chi connectivity index (χ1v) is 8.68. The summed E-state index contributed by atoms with van der Waals surface area (Å²) in [5.41, 5.74) is 1.49. The van der Waals surface area contributed by atoms with Gasteiger partial charge in [0.15, 0.2) is 12.4 Å². The van der Waals surface area contributed by atoms with Gasteiger partial charge in [-0.3, -0.25) is 13.8 Å². The van der Waals surface area contributed by atoms with E-state index >= 15 is 0 Å². The third-order valence-corrected chi connectivity index (χ3v) is 4.43. The fourth-order valence-electron chi connectivity index (χ4n) is 3.03. The van der Waals surface area contributed by atoms with Crippen LogP contribution in [0.5, 0.6) is 0 Å². The molecule has 0 saturated carbocycles. The molecule has 4 rings (SSSR count). The number of aryl methyl sites for hydroxylation is 3. The second kappa shape index (κ2) is 6.80. The van der Waals surface area contributed by atoms with Crippen LogP contribution in [0.2, 0.25) is 0 Å².